The van der Waals surface area contributed by atoms with Crippen LogP contribution >= 0.6 is 34.8 Å². The molecule has 1 saturated heterocycles. The fourth-order valence-electron chi connectivity index (χ4n) is 3.38. The van der Waals surface area contributed by atoms with Crippen molar-refractivity contribution < 1.29 is 24.2 Å². The maximum atomic E-state index is 12.9. The van der Waals surface area contributed by atoms with E-state index in [9.17, 15) is 14.7 Å². The van der Waals surface area contributed by atoms with Gasteiger partial charge in [-0.25, -0.2) is 0 Å². The lowest BCUT2D eigenvalue weighted by Gasteiger charge is -2.25. The first-order valence-electron chi connectivity index (χ1n) is 8.86. The van der Waals surface area contributed by atoms with Gasteiger partial charge in [0.2, 0.25) is 0 Å². The van der Waals surface area contributed by atoms with Crippen LogP contribution in [0.25, 0.3) is 5.76 Å². The van der Waals surface area contributed by atoms with Crippen LogP contribution in [-0.2, 0) is 14.3 Å². The summed E-state index contributed by atoms with van der Waals surface area (Å²) >= 11 is 18.3. The molecule has 1 aliphatic heterocycles. The van der Waals surface area contributed by atoms with E-state index in [-0.39, 0.29) is 40.1 Å². The van der Waals surface area contributed by atoms with Crippen molar-refractivity contribution in [2.45, 2.75) is 6.04 Å². The van der Waals surface area contributed by atoms with Crippen LogP contribution in [0.1, 0.15) is 17.2 Å². The van der Waals surface area contributed by atoms with E-state index in [1.54, 1.807) is 24.3 Å². The highest BCUT2D eigenvalue weighted by atomic mass is 35.5. The third-order valence-corrected chi connectivity index (χ3v) is 5.48. The Morgan fingerprint density at radius 3 is 2.33 bits per heavy atom. The minimum atomic E-state index is -0.847. The second-order valence-electron chi connectivity index (χ2n) is 6.51. The molecule has 1 N–H and O–H groups in total. The van der Waals surface area contributed by atoms with Gasteiger partial charge in [-0.1, -0.05) is 46.9 Å². The van der Waals surface area contributed by atoms with E-state index in [0.29, 0.717) is 10.6 Å². The van der Waals surface area contributed by atoms with E-state index in [1.165, 1.54) is 31.3 Å². The van der Waals surface area contributed by atoms with Crippen molar-refractivity contribution in [3.8, 4) is 5.75 Å². The molecule has 158 valence electrons. The molecule has 6 nitrogen and oxygen atoms in total. The molecule has 0 aliphatic carbocycles. The number of ketones is 1. The summed E-state index contributed by atoms with van der Waals surface area (Å²) in [6.07, 6.45) is 0. The van der Waals surface area contributed by atoms with Gasteiger partial charge in [-0.05, 0) is 29.8 Å². The standard InChI is InChI=1S/C21H18Cl3NO5/c1-29-8-7-25-17(11-3-5-12(22)6-4-11)16(19(27)21(25)28)18(26)14-9-13(23)10-15(24)20(14)30-2/h3-6,9-10,17,26H,7-8H2,1-2H3/b18-16+. The molecule has 0 saturated carbocycles. The molecule has 1 fully saturated rings. The summed E-state index contributed by atoms with van der Waals surface area (Å²) < 4.78 is 10.4. The summed E-state index contributed by atoms with van der Waals surface area (Å²) in [6.45, 7) is 0.363. The highest BCUT2D eigenvalue weighted by molar-refractivity contribution is 6.46. The average molecular weight is 471 g/mol. The van der Waals surface area contributed by atoms with Crippen LogP contribution in [0.5, 0.6) is 5.75 Å². The Balaban J connectivity index is 2.25. The highest BCUT2D eigenvalue weighted by Gasteiger charge is 2.46. The van der Waals surface area contributed by atoms with Gasteiger partial charge in [-0.2, -0.15) is 0 Å². The molecule has 30 heavy (non-hydrogen) atoms. The van der Waals surface area contributed by atoms with Crippen LogP contribution in [0.4, 0.5) is 0 Å². The third kappa shape index (κ3) is 4.14. The lowest BCUT2D eigenvalue weighted by molar-refractivity contribution is -0.140. The summed E-state index contributed by atoms with van der Waals surface area (Å²) in [7, 11) is 2.87. The largest absolute Gasteiger partial charge is 0.507 e. The molecule has 1 aliphatic rings. The predicted molar refractivity (Wildman–Crippen MR) is 115 cm³/mol. The molecule has 2 aromatic carbocycles. The van der Waals surface area contributed by atoms with Gasteiger partial charge in [0.1, 0.15) is 11.5 Å². The Hall–Kier alpha value is -2.25. The number of hydrogen-bond donors (Lipinski definition) is 1. The number of hydrogen-bond acceptors (Lipinski definition) is 5. The lowest BCUT2D eigenvalue weighted by Crippen LogP contribution is -2.32. The summed E-state index contributed by atoms with van der Waals surface area (Å²) in [5, 5.41) is 12.0. The minimum Gasteiger partial charge on any atom is -0.507 e. The summed E-state index contributed by atoms with van der Waals surface area (Å²) in [6, 6.07) is 8.69. The van der Waals surface area contributed by atoms with Crippen molar-refractivity contribution >= 4 is 52.3 Å². The second kappa shape index (κ2) is 9.27. The molecular formula is C21H18Cl3NO5. The van der Waals surface area contributed by atoms with E-state index in [2.05, 4.69) is 0 Å². The van der Waals surface area contributed by atoms with Gasteiger partial charge >= 0.3 is 0 Å². The summed E-state index contributed by atoms with van der Waals surface area (Å²) in [5.41, 5.74) is 0.608. The SMILES string of the molecule is COCCN1C(=O)C(=O)/C(=C(/O)c2cc(Cl)cc(Cl)c2OC)C1c1ccc(Cl)cc1. The first kappa shape index (κ1) is 22.4. The number of methoxy groups -OCH3 is 2. The molecule has 1 heterocycles. The number of benzene rings is 2. The molecule has 0 spiro atoms. The van der Waals surface area contributed by atoms with Gasteiger partial charge in [-0.3, -0.25) is 9.59 Å². The van der Waals surface area contributed by atoms with E-state index < -0.39 is 23.5 Å². The monoisotopic (exact) mass is 469 g/mol. The van der Waals surface area contributed by atoms with Crippen molar-refractivity contribution in [2.75, 3.05) is 27.4 Å². The quantitative estimate of drug-likeness (QED) is 0.375. The average Bonchev–Trinajstić information content (AvgIpc) is 2.96. The Kier molecular flexibility index (Phi) is 6.93. The van der Waals surface area contributed by atoms with Crippen molar-refractivity contribution in [1.82, 2.24) is 4.90 Å². The number of carbonyl (C=O) groups is 2. The number of halogens is 3. The zero-order chi connectivity index (χ0) is 22.0. The predicted octanol–water partition coefficient (Wildman–Crippen LogP) is 4.72. The maximum Gasteiger partial charge on any atom is 0.295 e. The summed E-state index contributed by atoms with van der Waals surface area (Å²) in [4.78, 5) is 27.0. The lowest BCUT2D eigenvalue weighted by atomic mass is 9.95. The van der Waals surface area contributed by atoms with Gasteiger partial charge in [0, 0.05) is 23.7 Å². The minimum absolute atomic E-state index is 0.102. The van der Waals surface area contributed by atoms with Crippen LogP contribution < -0.4 is 4.74 Å². The third-order valence-electron chi connectivity index (χ3n) is 4.73. The Bertz CT molecular complexity index is 1020. The van der Waals surface area contributed by atoms with Crippen LogP contribution in [0, 0.1) is 0 Å². The topological polar surface area (TPSA) is 76.1 Å². The number of amides is 1. The van der Waals surface area contributed by atoms with Crippen molar-refractivity contribution in [3.05, 3.63) is 68.2 Å². The molecule has 9 heteroatoms. The van der Waals surface area contributed by atoms with Crippen molar-refractivity contribution in [1.29, 1.82) is 0 Å². The first-order chi connectivity index (χ1) is 14.3. The molecule has 1 atom stereocenters. The van der Waals surface area contributed by atoms with Gasteiger partial charge in [-0.15, -0.1) is 0 Å². The van der Waals surface area contributed by atoms with Crippen molar-refractivity contribution in [3.63, 3.8) is 0 Å². The summed E-state index contributed by atoms with van der Waals surface area (Å²) in [5.74, 6) is -1.88. The highest BCUT2D eigenvalue weighted by Crippen LogP contribution is 2.43. The molecule has 1 amide bonds. The number of aliphatic hydroxyl groups is 1. The number of ether oxygens (including phenoxy) is 2. The fraction of sp³-hybridized carbons (Fsp3) is 0.238. The fourth-order valence-corrected chi connectivity index (χ4v) is 4.08. The Morgan fingerprint density at radius 1 is 1.07 bits per heavy atom. The van der Waals surface area contributed by atoms with E-state index in [0.717, 1.165) is 0 Å². The number of rotatable bonds is 6. The zero-order valence-electron chi connectivity index (χ0n) is 16.1. The van der Waals surface area contributed by atoms with Gasteiger partial charge in [0.25, 0.3) is 11.7 Å². The van der Waals surface area contributed by atoms with E-state index >= 15 is 0 Å². The normalized spacial score (nSPS) is 18.2. The zero-order valence-corrected chi connectivity index (χ0v) is 18.4. The number of likely N-dealkylation sites (tertiary alicyclic amines) is 1. The molecule has 1 unspecified atom stereocenters. The van der Waals surface area contributed by atoms with Crippen LogP contribution in [0.15, 0.2) is 42.0 Å². The van der Waals surface area contributed by atoms with Gasteiger partial charge in [0.05, 0.1) is 35.9 Å². The van der Waals surface area contributed by atoms with Crippen LogP contribution in [0.2, 0.25) is 15.1 Å². The number of aliphatic hydroxyl groups excluding tert-OH is 1. The molecule has 0 radical (unpaired) electrons. The molecule has 3 rings (SSSR count). The molecule has 0 bridgehead atoms. The Morgan fingerprint density at radius 2 is 1.73 bits per heavy atom. The molecular weight excluding hydrogens is 453 g/mol. The van der Waals surface area contributed by atoms with Crippen LogP contribution in [0.3, 0.4) is 0 Å². The van der Waals surface area contributed by atoms with Crippen LogP contribution in [-0.4, -0.2) is 49.1 Å². The molecule has 0 aromatic heterocycles. The number of nitrogens with zero attached hydrogens (tertiary/aromatic N) is 1. The second-order valence-corrected chi connectivity index (χ2v) is 7.79. The van der Waals surface area contributed by atoms with E-state index in [4.69, 9.17) is 44.3 Å². The first-order valence-corrected chi connectivity index (χ1v) is 9.99. The van der Waals surface area contributed by atoms with Crippen molar-refractivity contribution in [2.24, 2.45) is 0 Å². The Labute approximate surface area is 188 Å². The smallest absolute Gasteiger partial charge is 0.295 e. The van der Waals surface area contributed by atoms with Gasteiger partial charge in [0.15, 0.2) is 0 Å². The number of carbonyl (C=O) groups excluding carboxylic acids is 2. The van der Waals surface area contributed by atoms with Gasteiger partial charge < -0.3 is 19.5 Å². The maximum absolute atomic E-state index is 12.9. The van der Waals surface area contributed by atoms with E-state index in [1.807, 2.05) is 0 Å². The number of Topliss-reactive ketones (excluding diaryl/α,β-unsaturated/α-hetero) is 1. The molecule has 2 aromatic rings.